The van der Waals surface area contributed by atoms with E-state index >= 15 is 0 Å². The van der Waals surface area contributed by atoms with Crippen LogP contribution in [0.5, 0.6) is 5.75 Å². The van der Waals surface area contributed by atoms with Crippen molar-refractivity contribution < 1.29 is 9.53 Å². The van der Waals surface area contributed by atoms with Gasteiger partial charge in [0.15, 0.2) is 6.61 Å². The van der Waals surface area contributed by atoms with Crippen molar-refractivity contribution in [3.63, 3.8) is 0 Å². The fourth-order valence-corrected chi connectivity index (χ4v) is 3.93. The summed E-state index contributed by atoms with van der Waals surface area (Å²) in [6.07, 6.45) is 0. The van der Waals surface area contributed by atoms with Crippen molar-refractivity contribution in [3.8, 4) is 17.0 Å². The number of carbonyl (C=O) groups is 1. The van der Waals surface area contributed by atoms with Crippen LogP contribution < -0.4 is 10.1 Å². The Morgan fingerprint density at radius 3 is 2.55 bits per heavy atom. The highest BCUT2D eigenvalue weighted by molar-refractivity contribution is 7.15. The van der Waals surface area contributed by atoms with Crippen molar-refractivity contribution >= 4 is 28.2 Å². The number of benzene rings is 2. The van der Waals surface area contributed by atoms with Crippen molar-refractivity contribution in [3.05, 3.63) is 64.0 Å². The Hall–Kier alpha value is -3.19. The summed E-state index contributed by atoms with van der Waals surface area (Å²) in [4.78, 5) is 17.5. The van der Waals surface area contributed by atoms with E-state index in [0.29, 0.717) is 0 Å². The third-order valence-corrected chi connectivity index (χ3v) is 5.72. The first-order chi connectivity index (χ1) is 13.9. The van der Waals surface area contributed by atoms with Gasteiger partial charge < -0.3 is 4.74 Å². The van der Waals surface area contributed by atoms with E-state index in [1.54, 1.807) is 4.52 Å². The molecule has 0 saturated heterocycles. The zero-order chi connectivity index (χ0) is 20.5. The number of rotatable bonds is 5. The fourth-order valence-electron chi connectivity index (χ4n) is 3.10. The van der Waals surface area contributed by atoms with Gasteiger partial charge in [0, 0.05) is 10.9 Å². The normalized spacial score (nSPS) is 11.0. The van der Waals surface area contributed by atoms with Gasteiger partial charge in [0.1, 0.15) is 5.75 Å². The van der Waals surface area contributed by atoms with Crippen molar-refractivity contribution in [2.75, 3.05) is 11.9 Å². The van der Waals surface area contributed by atoms with E-state index in [1.807, 2.05) is 38.3 Å². The molecular weight excluding hydrogens is 384 g/mol. The molecule has 0 bridgehead atoms. The lowest BCUT2D eigenvalue weighted by molar-refractivity contribution is -0.118. The van der Waals surface area contributed by atoms with Crippen LogP contribution in [-0.4, -0.2) is 27.1 Å². The second-order valence-corrected chi connectivity index (χ2v) is 7.94. The molecule has 0 radical (unpaired) electrons. The van der Waals surface area contributed by atoms with Crippen molar-refractivity contribution in [1.82, 2.24) is 14.6 Å². The molecule has 29 heavy (non-hydrogen) atoms. The number of hydrogen-bond donors (Lipinski definition) is 1. The topological polar surface area (TPSA) is 68.5 Å². The van der Waals surface area contributed by atoms with E-state index in [1.165, 1.54) is 16.9 Å². The Kier molecular flexibility index (Phi) is 5.07. The molecule has 0 fully saturated rings. The van der Waals surface area contributed by atoms with Crippen molar-refractivity contribution in [1.29, 1.82) is 0 Å². The number of nitrogens with zero attached hydrogens (tertiary/aromatic N) is 3. The fraction of sp³-hybridized carbons (Fsp3) is 0.227. The maximum Gasteiger partial charge on any atom is 0.264 e. The quantitative estimate of drug-likeness (QED) is 0.521. The highest BCUT2D eigenvalue weighted by atomic mass is 32.1. The predicted molar refractivity (Wildman–Crippen MR) is 116 cm³/mol. The van der Waals surface area contributed by atoms with Gasteiger partial charge in [-0.15, -0.1) is 16.4 Å². The summed E-state index contributed by atoms with van der Waals surface area (Å²) < 4.78 is 7.52. The molecule has 1 N–H and O–H groups in total. The summed E-state index contributed by atoms with van der Waals surface area (Å²) in [6.45, 7) is 7.94. The lowest BCUT2D eigenvalue weighted by Gasteiger charge is -2.13. The lowest BCUT2D eigenvalue weighted by Crippen LogP contribution is -2.21. The molecule has 0 aliphatic rings. The van der Waals surface area contributed by atoms with Crippen LogP contribution in [0.15, 0.2) is 41.8 Å². The van der Waals surface area contributed by atoms with Crippen LogP contribution in [0.25, 0.3) is 16.2 Å². The third kappa shape index (κ3) is 3.86. The molecule has 0 saturated carbocycles. The standard InChI is InChI=1S/C22H22N4O2S/c1-13-5-9-17(10-6-13)18-12-29-22-24-21(25-26(18)22)23-19(27)11-28-20-15(3)8-7-14(2)16(20)4/h5-10,12H,11H2,1-4H3,(H,23,25,27). The van der Waals surface area contributed by atoms with Gasteiger partial charge in [0.05, 0.1) is 5.69 Å². The van der Waals surface area contributed by atoms with Crippen LogP contribution in [0.2, 0.25) is 0 Å². The molecule has 1 amide bonds. The Morgan fingerprint density at radius 1 is 1.07 bits per heavy atom. The minimum absolute atomic E-state index is 0.0944. The first-order valence-electron chi connectivity index (χ1n) is 9.33. The smallest absolute Gasteiger partial charge is 0.264 e. The molecular formula is C22H22N4O2S. The second kappa shape index (κ2) is 7.67. The van der Waals surface area contributed by atoms with Gasteiger partial charge in [-0.1, -0.05) is 42.0 Å². The molecule has 7 heteroatoms. The highest BCUT2D eigenvalue weighted by Crippen LogP contribution is 2.27. The Labute approximate surface area is 173 Å². The maximum absolute atomic E-state index is 12.4. The molecule has 0 atom stereocenters. The van der Waals surface area contributed by atoms with Gasteiger partial charge in [-0.3, -0.25) is 10.1 Å². The molecule has 0 aliphatic carbocycles. The summed E-state index contributed by atoms with van der Waals surface area (Å²) in [5, 5.41) is 9.18. The number of fused-ring (bicyclic) bond motifs is 1. The molecule has 4 rings (SSSR count). The predicted octanol–water partition coefficient (Wildman–Crippen LogP) is 4.71. The van der Waals surface area contributed by atoms with E-state index in [2.05, 4.69) is 46.6 Å². The minimum atomic E-state index is -0.291. The molecule has 0 spiro atoms. The maximum atomic E-state index is 12.4. The first-order valence-corrected chi connectivity index (χ1v) is 10.2. The number of hydrogen-bond acceptors (Lipinski definition) is 5. The third-order valence-electron chi connectivity index (χ3n) is 4.90. The Bertz CT molecular complexity index is 1190. The van der Waals surface area contributed by atoms with Crippen LogP contribution in [-0.2, 0) is 4.79 Å². The number of nitrogens with one attached hydrogen (secondary N) is 1. The zero-order valence-electron chi connectivity index (χ0n) is 16.8. The number of thiazole rings is 1. The van der Waals surface area contributed by atoms with E-state index < -0.39 is 0 Å². The van der Waals surface area contributed by atoms with Gasteiger partial charge in [0.25, 0.3) is 11.9 Å². The average Bonchev–Trinajstić information content (AvgIpc) is 3.26. The summed E-state index contributed by atoms with van der Waals surface area (Å²) in [5.74, 6) is 0.734. The summed E-state index contributed by atoms with van der Waals surface area (Å²) in [6, 6.07) is 12.3. The number of aryl methyl sites for hydroxylation is 3. The summed E-state index contributed by atoms with van der Waals surface area (Å²) in [7, 11) is 0. The number of amides is 1. The lowest BCUT2D eigenvalue weighted by atomic mass is 10.1. The number of aromatic nitrogens is 3. The largest absolute Gasteiger partial charge is 0.483 e. The first kappa shape index (κ1) is 19.1. The van der Waals surface area contributed by atoms with Crippen LogP contribution in [0.3, 0.4) is 0 Å². The SMILES string of the molecule is Cc1ccc(-c2csc3nc(NC(=O)COc4c(C)ccc(C)c4C)nn23)cc1. The second-order valence-electron chi connectivity index (χ2n) is 7.11. The number of anilines is 1. The van der Waals surface area contributed by atoms with Crippen molar-refractivity contribution in [2.45, 2.75) is 27.7 Å². The molecule has 0 aliphatic heterocycles. The molecule has 0 unspecified atom stereocenters. The van der Waals surface area contributed by atoms with E-state index in [-0.39, 0.29) is 18.5 Å². The number of carbonyl (C=O) groups excluding carboxylic acids is 1. The molecule has 6 nitrogen and oxygen atoms in total. The van der Waals surface area contributed by atoms with Gasteiger partial charge in [-0.25, -0.2) is 4.52 Å². The molecule has 2 heterocycles. The van der Waals surface area contributed by atoms with Gasteiger partial charge in [0.2, 0.25) is 4.96 Å². The summed E-state index contributed by atoms with van der Waals surface area (Å²) in [5.41, 5.74) is 6.38. The highest BCUT2D eigenvalue weighted by Gasteiger charge is 2.14. The summed E-state index contributed by atoms with van der Waals surface area (Å²) >= 11 is 1.48. The van der Waals surface area contributed by atoms with E-state index in [9.17, 15) is 4.79 Å². The molecule has 2 aromatic carbocycles. The average molecular weight is 407 g/mol. The van der Waals surface area contributed by atoms with Crippen LogP contribution in [0, 0.1) is 27.7 Å². The number of ether oxygens (including phenoxy) is 1. The van der Waals surface area contributed by atoms with Crippen LogP contribution in [0.1, 0.15) is 22.3 Å². The Balaban J connectivity index is 1.48. The van der Waals surface area contributed by atoms with E-state index in [0.717, 1.165) is 38.7 Å². The Morgan fingerprint density at radius 2 is 1.79 bits per heavy atom. The zero-order valence-corrected chi connectivity index (χ0v) is 17.6. The van der Waals surface area contributed by atoms with Gasteiger partial charge in [-0.05, 0) is 44.4 Å². The molecule has 2 aromatic heterocycles. The van der Waals surface area contributed by atoms with Gasteiger partial charge in [-0.2, -0.15) is 4.98 Å². The van der Waals surface area contributed by atoms with E-state index in [4.69, 9.17) is 4.74 Å². The molecule has 148 valence electrons. The molecule has 4 aromatic rings. The van der Waals surface area contributed by atoms with Crippen molar-refractivity contribution in [2.24, 2.45) is 0 Å². The van der Waals surface area contributed by atoms with Gasteiger partial charge >= 0.3 is 0 Å². The minimum Gasteiger partial charge on any atom is -0.483 e. The van der Waals surface area contributed by atoms with Crippen LogP contribution in [0.4, 0.5) is 5.95 Å². The monoisotopic (exact) mass is 406 g/mol. The van der Waals surface area contributed by atoms with Crippen LogP contribution >= 0.6 is 11.3 Å².